The van der Waals surface area contributed by atoms with Crippen molar-refractivity contribution in [3.8, 4) is 0 Å². The first-order valence-corrected chi connectivity index (χ1v) is 17.6. The number of hydrogen-bond acceptors (Lipinski definition) is 8. The summed E-state index contributed by atoms with van der Waals surface area (Å²) in [6.07, 6.45) is 9.60. The van der Waals surface area contributed by atoms with E-state index in [1.54, 1.807) is 0 Å². The van der Waals surface area contributed by atoms with Gasteiger partial charge in [-0.25, -0.2) is 0 Å². The van der Waals surface area contributed by atoms with Crippen LogP contribution in [0.4, 0.5) is 0 Å². The lowest BCUT2D eigenvalue weighted by Crippen LogP contribution is -2.60. The van der Waals surface area contributed by atoms with Crippen molar-refractivity contribution >= 4 is 5.78 Å². The Morgan fingerprint density at radius 2 is 1.78 bits per heavy atom. The molecule has 6 aliphatic rings. The largest absolute Gasteiger partial charge is 0.394 e. The molecule has 0 amide bonds. The van der Waals surface area contributed by atoms with E-state index in [0.717, 1.165) is 32.1 Å². The van der Waals surface area contributed by atoms with E-state index in [1.165, 1.54) is 6.42 Å². The second kappa shape index (κ2) is 11.5. The maximum atomic E-state index is 14.0. The molecule has 14 unspecified atom stereocenters. The smallest absolute Gasteiger partial charge is 0.186 e. The predicted molar refractivity (Wildman–Crippen MR) is 170 cm³/mol. The van der Waals surface area contributed by atoms with E-state index >= 15 is 0 Å². The van der Waals surface area contributed by atoms with Crippen LogP contribution >= 0.6 is 0 Å². The average Bonchev–Trinajstić information content (AvgIpc) is 3.75. The van der Waals surface area contributed by atoms with E-state index < -0.39 is 48.3 Å². The molecule has 0 aromatic carbocycles. The normalized spacial score (nSPS) is 50.5. The molecule has 4 N–H and O–H groups in total. The van der Waals surface area contributed by atoms with Gasteiger partial charge in [-0.05, 0) is 91.3 Å². The first-order valence-electron chi connectivity index (χ1n) is 17.6. The van der Waals surface area contributed by atoms with Crippen LogP contribution in [0.3, 0.4) is 0 Å². The molecule has 0 aromatic heterocycles. The maximum absolute atomic E-state index is 14.0. The van der Waals surface area contributed by atoms with Crippen molar-refractivity contribution in [3.05, 3.63) is 24.3 Å². The van der Waals surface area contributed by atoms with Gasteiger partial charge < -0.3 is 34.6 Å². The van der Waals surface area contributed by atoms with Crippen LogP contribution in [0.1, 0.15) is 99.8 Å². The second-order valence-electron chi connectivity index (χ2n) is 17.5. The second-order valence-corrected chi connectivity index (χ2v) is 17.5. The average molecular weight is 631 g/mol. The van der Waals surface area contributed by atoms with Crippen LogP contribution < -0.4 is 0 Å². The molecular formula is C37H58O8. The molecule has 0 aromatic rings. The van der Waals surface area contributed by atoms with E-state index in [0.29, 0.717) is 36.4 Å². The Labute approximate surface area is 269 Å². The van der Waals surface area contributed by atoms with Crippen LogP contribution in [0, 0.1) is 45.3 Å². The molecule has 4 aliphatic carbocycles. The Balaban J connectivity index is 1.23. The van der Waals surface area contributed by atoms with Crippen molar-refractivity contribution in [2.45, 2.75) is 148 Å². The number of Topliss-reactive ketones (excluding diaryl/α,β-unsaturated/α-hetero) is 1. The third kappa shape index (κ3) is 5.33. The summed E-state index contributed by atoms with van der Waals surface area (Å²) in [5, 5.41) is 41.0. The monoisotopic (exact) mass is 630 g/mol. The molecule has 8 heteroatoms. The standard InChI is InChI=1S/C37H58O8/c1-21(10-8-16-33(2,3)4)22-12-13-23-24-11-9-17-34(5,6)26(44-31-30(41)29(40)28(39)25(20-38)43-31)14-15-27-37(45-27)32(42)36(24,37)19-18-35(22,23)7/h8-9,11,16,21-31,38-41H,10,12-15,17-20H2,1-7H3/b11-9-,16-8+. The number of allylic oxidation sites excluding steroid dienone is 4. The maximum Gasteiger partial charge on any atom is 0.186 e. The third-order valence-electron chi connectivity index (χ3n) is 13.1. The topological polar surface area (TPSA) is 129 Å². The Morgan fingerprint density at radius 1 is 1.04 bits per heavy atom. The lowest BCUT2D eigenvalue weighted by Gasteiger charge is -2.49. The van der Waals surface area contributed by atoms with Crippen LogP contribution in [0.2, 0.25) is 0 Å². The van der Waals surface area contributed by atoms with Crippen molar-refractivity contribution in [1.82, 2.24) is 0 Å². The van der Waals surface area contributed by atoms with E-state index in [4.69, 9.17) is 14.2 Å². The van der Waals surface area contributed by atoms with Crippen LogP contribution in [-0.2, 0) is 19.0 Å². The number of carbonyl (C=O) groups excluding carboxylic acids is 1. The summed E-state index contributed by atoms with van der Waals surface area (Å²) < 4.78 is 18.5. The minimum atomic E-state index is -1.49. The number of ketones is 1. The van der Waals surface area contributed by atoms with Gasteiger partial charge in [-0.2, -0.15) is 0 Å². The van der Waals surface area contributed by atoms with Gasteiger partial charge in [-0.3, -0.25) is 4.79 Å². The third-order valence-corrected chi connectivity index (χ3v) is 13.1. The van der Waals surface area contributed by atoms with Gasteiger partial charge in [0.15, 0.2) is 17.7 Å². The van der Waals surface area contributed by atoms with Gasteiger partial charge in [-0.15, -0.1) is 0 Å². The Bertz CT molecular complexity index is 1190. The zero-order valence-electron chi connectivity index (χ0n) is 28.4. The van der Waals surface area contributed by atoms with Gasteiger partial charge in [0, 0.05) is 0 Å². The van der Waals surface area contributed by atoms with Gasteiger partial charge in [0.05, 0.1) is 24.2 Å². The summed E-state index contributed by atoms with van der Waals surface area (Å²) >= 11 is 0. The molecule has 6 rings (SSSR count). The zero-order chi connectivity index (χ0) is 32.7. The molecule has 2 saturated heterocycles. The van der Waals surface area contributed by atoms with Gasteiger partial charge in [0.25, 0.3) is 0 Å². The SMILES string of the molecule is CC(C/C=C/C(C)(C)C)C1CCC2C3/C=C\CC(C)(C)C(OC4OC(CO)C(O)C(O)C4O)CCC4OC45C(=O)C35CCC12C. The predicted octanol–water partition coefficient (Wildman–Crippen LogP) is 4.72. The van der Waals surface area contributed by atoms with Crippen molar-refractivity contribution in [2.75, 3.05) is 6.61 Å². The fourth-order valence-corrected chi connectivity index (χ4v) is 10.4. The molecule has 5 fully saturated rings. The number of carbonyl (C=O) groups is 1. The Hall–Kier alpha value is -1.13. The number of epoxide rings is 1. The van der Waals surface area contributed by atoms with Crippen molar-refractivity contribution in [3.63, 3.8) is 0 Å². The lowest BCUT2D eigenvalue weighted by molar-refractivity contribution is -0.319. The van der Waals surface area contributed by atoms with Gasteiger partial charge in [-0.1, -0.05) is 72.8 Å². The summed E-state index contributed by atoms with van der Waals surface area (Å²) in [7, 11) is 0. The number of rotatable bonds is 6. The number of hydrogen-bond donors (Lipinski definition) is 4. The highest BCUT2D eigenvalue weighted by Gasteiger charge is 2.93. The molecule has 254 valence electrons. The molecule has 3 saturated carbocycles. The minimum absolute atomic E-state index is 0.140. The van der Waals surface area contributed by atoms with Crippen LogP contribution in [0.25, 0.3) is 0 Å². The highest BCUT2D eigenvalue weighted by molar-refractivity contribution is 6.15. The highest BCUT2D eigenvalue weighted by atomic mass is 16.7. The summed E-state index contributed by atoms with van der Waals surface area (Å²) in [6, 6.07) is 0. The van der Waals surface area contributed by atoms with Gasteiger partial charge in [0.1, 0.15) is 24.4 Å². The van der Waals surface area contributed by atoms with Crippen molar-refractivity contribution in [1.29, 1.82) is 0 Å². The Kier molecular flexibility index (Phi) is 8.62. The first-order chi connectivity index (χ1) is 21.0. The number of ether oxygens (including phenoxy) is 3. The van der Waals surface area contributed by atoms with Crippen molar-refractivity contribution in [2.24, 2.45) is 45.3 Å². The summed E-state index contributed by atoms with van der Waals surface area (Å²) in [6.45, 7) is 15.4. The van der Waals surface area contributed by atoms with E-state index in [-0.39, 0.29) is 34.4 Å². The quantitative estimate of drug-likeness (QED) is 0.245. The van der Waals surface area contributed by atoms with Crippen molar-refractivity contribution < 1.29 is 39.4 Å². The highest BCUT2D eigenvalue weighted by Crippen LogP contribution is 2.79. The molecule has 14 atom stereocenters. The van der Waals surface area contributed by atoms with Gasteiger partial charge >= 0.3 is 0 Å². The summed E-state index contributed by atoms with van der Waals surface area (Å²) in [5.41, 5.74) is -1.08. The number of aliphatic hydroxyl groups excluding tert-OH is 4. The van der Waals surface area contributed by atoms with Crippen LogP contribution in [0.15, 0.2) is 24.3 Å². The van der Waals surface area contributed by atoms with E-state index in [9.17, 15) is 25.2 Å². The molecular weight excluding hydrogens is 572 g/mol. The summed E-state index contributed by atoms with van der Waals surface area (Å²) in [5.74, 6) is 2.12. The molecule has 2 heterocycles. The van der Waals surface area contributed by atoms with E-state index in [2.05, 4.69) is 72.8 Å². The summed E-state index contributed by atoms with van der Waals surface area (Å²) in [4.78, 5) is 14.0. The minimum Gasteiger partial charge on any atom is -0.394 e. The molecule has 45 heavy (non-hydrogen) atoms. The van der Waals surface area contributed by atoms with Crippen LogP contribution in [0.5, 0.6) is 0 Å². The first kappa shape index (κ1) is 33.8. The fourth-order valence-electron chi connectivity index (χ4n) is 10.4. The number of aliphatic hydroxyl groups is 4. The number of fused-ring (bicyclic) bond motifs is 2. The molecule has 2 aliphatic heterocycles. The molecule has 0 bridgehead atoms. The van der Waals surface area contributed by atoms with Gasteiger partial charge in [0.2, 0.25) is 0 Å². The van der Waals surface area contributed by atoms with Crippen LogP contribution in [-0.4, -0.2) is 81.3 Å². The fraction of sp³-hybridized carbons (Fsp3) is 0.865. The molecule has 0 radical (unpaired) electrons. The lowest BCUT2D eigenvalue weighted by atomic mass is 9.54. The Morgan fingerprint density at radius 3 is 2.47 bits per heavy atom. The molecule has 2 spiro atoms. The molecule has 8 nitrogen and oxygen atoms in total. The zero-order valence-corrected chi connectivity index (χ0v) is 28.4. The van der Waals surface area contributed by atoms with E-state index in [1.807, 2.05) is 0 Å².